The van der Waals surface area contributed by atoms with Crippen LogP contribution in [0.15, 0.2) is 10.5 Å². The molecule has 0 saturated heterocycles. The van der Waals surface area contributed by atoms with Gasteiger partial charge in [0.25, 0.3) is 0 Å². The number of ether oxygens (including phenoxy) is 1. The lowest BCUT2D eigenvalue weighted by atomic mass is 10.2. The molecule has 22 heavy (non-hydrogen) atoms. The quantitative estimate of drug-likeness (QED) is 0.693. The Labute approximate surface area is 146 Å². The van der Waals surface area contributed by atoms with Crippen LogP contribution in [0.2, 0.25) is 0 Å². The molecule has 0 saturated carbocycles. The third-order valence-electron chi connectivity index (χ3n) is 3.02. The summed E-state index contributed by atoms with van der Waals surface area (Å²) in [4.78, 5) is 16.4. The highest BCUT2D eigenvalue weighted by Crippen LogP contribution is 2.26. The fourth-order valence-electron chi connectivity index (χ4n) is 1.92. The first kappa shape index (κ1) is 19.5. The van der Waals surface area contributed by atoms with Gasteiger partial charge in [0.1, 0.15) is 5.60 Å². The second-order valence-electron chi connectivity index (χ2n) is 6.21. The summed E-state index contributed by atoms with van der Waals surface area (Å²) in [6.45, 7) is 12.9. The Hall–Kier alpha value is -0.590. The van der Waals surface area contributed by atoms with Crippen LogP contribution in [0.3, 0.4) is 0 Å². The van der Waals surface area contributed by atoms with E-state index in [1.54, 1.807) is 16.2 Å². The largest absolute Gasteiger partial charge is 0.444 e. The maximum absolute atomic E-state index is 12.0. The number of nitrogens with one attached hydrogen (secondary N) is 1. The third kappa shape index (κ3) is 7.11. The van der Waals surface area contributed by atoms with Crippen molar-refractivity contribution in [1.29, 1.82) is 0 Å². The first-order valence-corrected chi connectivity index (χ1v) is 9.27. The lowest BCUT2D eigenvalue weighted by Crippen LogP contribution is -2.38. The molecular weight excluding hydrogens is 364 g/mol. The van der Waals surface area contributed by atoms with Gasteiger partial charge >= 0.3 is 6.09 Å². The molecule has 0 atom stereocenters. The van der Waals surface area contributed by atoms with Crippen LogP contribution in [0.5, 0.6) is 0 Å². The number of nitrogens with zero attached hydrogens (tertiary/aromatic N) is 1. The molecule has 1 aromatic heterocycles. The summed E-state index contributed by atoms with van der Waals surface area (Å²) in [6.07, 6.45) is 0.686. The van der Waals surface area contributed by atoms with Gasteiger partial charge in [0.2, 0.25) is 0 Å². The van der Waals surface area contributed by atoms with E-state index in [1.165, 1.54) is 14.2 Å². The Morgan fingerprint density at radius 2 is 2.14 bits per heavy atom. The van der Waals surface area contributed by atoms with Gasteiger partial charge in [-0.1, -0.05) is 0 Å². The lowest BCUT2D eigenvalue weighted by Gasteiger charge is -2.26. The van der Waals surface area contributed by atoms with E-state index < -0.39 is 5.60 Å². The van der Waals surface area contributed by atoms with Gasteiger partial charge in [-0.05, 0) is 69.6 Å². The highest BCUT2D eigenvalue weighted by molar-refractivity contribution is 9.10. The first-order chi connectivity index (χ1) is 10.2. The second kappa shape index (κ2) is 8.89. The molecule has 0 radical (unpaired) electrons. The van der Waals surface area contributed by atoms with E-state index in [4.69, 9.17) is 4.74 Å². The van der Waals surface area contributed by atoms with Crippen molar-refractivity contribution in [3.8, 4) is 0 Å². The smallest absolute Gasteiger partial charge is 0.410 e. The van der Waals surface area contributed by atoms with Crippen LogP contribution in [0.25, 0.3) is 0 Å². The van der Waals surface area contributed by atoms with Crippen molar-refractivity contribution in [2.45, 2.75) is 53.2 Å². The maximum atomic E-state index is 12.0. The Balaban J connectivity index is 2.25. The number of hydrogen-bond acceptors (Lipinski definition) is 4. The maximum Gasteiger partial charge on any atom is 0.410 e. The van der Waals surface area contributed by atoms with E-state index in [9.17, 15) is 4.79 Å². The van der Waals surface area contributed by atoms with Crippen LogP contribution in [-0.2, 0) is 11.3 Å². The van der Waals surface area contributed by atoms with Crippen molar-refractivity contribution in [2.75, 3.05) is 19.6 Å². The molecule has 126 valence electrons. The molecule has 1 amide bonds. The predicted octanol–water partition coefficient (Wildman–Crippen LogP) is 4.56. The number of thiophene rings is 1. The third-order valence-corrected chi connectivity index (χ3v) is 5.16. The number of hydrogen-bond donors (Lipinski definition) is 1. The molecule has 0 bridgehead atoms. The fraction of sp³-hybridized carbons (Fsp3) is 0.688. The molecule has 0 fully saturated rings. The van der Waals surface area contributed by atoms with Crippen molar-refractivity contribution in [3.05, 3.63) is 20.3 Å². The van der Waals surface area contributed by atoms with Gasteiger partial charge < -0.3 is 15.0 Å². The molecule has 1 N–H and O–H groups in total. The Bertz CT molecular complexity index is 463. The van der Waals surface area contributed by atoms with E-state index in [2.05, 4.69) is 34.2 Å². The number of aryl methyl sites for hydroxylation is 1. The molecule has 0 aliphatic rings. The molecule has 0 unspecified atom stereocenters. The second-order valence-corrected chi connectivity index (χ2v) is 8.40. The number of amides is 1. The van der Waals surface area contributed by atoms with Crippen molar-refractivity contribution in [2.24, 2.45) is 0 Å². The van der Waals surface area contributed by atoms with Gasteiger partial charge in [0.15, 0.2) is 0 Å². The van der Waals surface area contributed by atoms with Gasteiger partial charge in [-0.25, -0.2) is 4.79 Å². The van der Waals surface area contributed by atoms with Crippen LogP contribution >= 0.6 is 27.3 Å². The highest BCUT2D eigenvalue weighted by atomic mass is 79.9. The molecule has 0 spiro atoms. The Morgan fingerprint density at radius 1 is 1.45 bits per heavy atom. The number of carbonyl (C=O) groups is 1. The normalized spacial score (nSPS) is 11.5. The Morgan fingerprint density at radius 3 is 2.64 bits per heavy atom. The molecule has 6 heteroatoms. The summed E-state index contributed by atoms with van der Waals surface area (Å²) < 4.78 is 6.57. The first-order valence-electron chi connectivity index (χ1n) is 7.66. The fourth-order valence-corrected chi connectivity index (χ4v) is 3.49. The summed E-state index contributed by atoms with van der Waals surface area (Å²) in [5.41, 5.74) is -0.437. The zero-order valence-electron chi connectivity index (χ0n) is 14.2. The zero-order chi connectivity index (χ0) is 16.8. The minimum absolute atomic E-state index is 0.229. The molecule has 0 aliphatic carbocycles. The van der Waals surface area contributed by atoms with Crippen molar-refractivity contribution in [3.63, 3.8) is 0 Å². The van der Waals surface area contributed by atoms with Gasteiger partial charge in [0.05, 0.1) is 0 Å². The summed E-state index contributed by atoms with van der Waals surface area (Å²) in [7, 11) is 0. The molecule has 0 aromatic carbocycles. The summed E-state index contributed by atoms with van der Waals surface area (Å²) in [5, 5.41) is 3.42. The number of halogens is 1. The zero-order valence-corrected chi connectivity index (χ0v) is 16.6. The van der Waals surface area contributed by atoms with E-state index in [1.807, 2.05) is 27.7 Å². The minimum atomic E-state index is -0.437. The van der Waals surface area contributed by atoms with Crippen molar-refractivity contribution >= 4 is 33.4 Å². The van der Waals surface area contributed by atoms with Crippen molar-refractivity contribution in [1.82, 2.24) is 10.2 Å². The molecule has 4 nitrogen and oxygen atoms in total. The number of rotatable bonds is 7. The van der Waals surface area contributed by atoms with E-state index >= 15 is 0 Å². The van der Waals surface area contributed by atoms with Gasteiger partial charge in [-0.2, -0.15) is 0 Å². The van der Waals surface area contributed by atoms with E-state index in [0.29, 0.717) is 13.1 Å². The SMILES string of the molecule is CCN(CCCNCc1cc(Br)c(C)s1)C(=O)OC(C)(C)C. The molecule has 1 rings (SSSR count). The number of carbonyl (C=O) groups excluding carboxylic acids is 1. The van der Waals surface area contributed by atoms with Crippen LogP contribution in [0.1, 0.15) is 43.9 Å². The predicted molar refractivity (Wildman–Crippen MR) is 96.6 cm³/mol. The monoisotopic (exact) mass is 390 g/mol. The molecule has 0 aliphatic heterocycles. The van der Waals surface area contributed by atoms with Crippen LogP contribution in [0.4, 0.5) is 4.79 Å². The van der Waals surface area contributed by atoms with Crippen LogP contribution < -0.4 is 5.32 Å². The summed E-state index contributed by atoms with van der Waals surface area (Å²) in [6, 6.07) is 2.16. The van der Waals surface area contributed by atoms with Crippen LogP contribution in [0, 0.1) is 6.92 Å². The van der Waals surface area contributed by atoms with Gasteiger partial charge in [-0.15, -0.1) is 11.3 Å². The summed E-state index contributed by atoms with van der Waals surface area (Å²) in [5.74, 6) is 0. The van der Waals surface area contributed by atoms with Gasteiger partial charge in [0, 0.05) is 33.9 Å². The summed E-state index contributed by atoms with van der Waals surface area (Å²) >= 11 is 5.33. The standard InChI is InChI=1S/C16H27BrN2O2S/c1-6-19(15(20)21-16(3,4)5)9-7-8-18-11-13-10-14(17)12(2)22-13/h10,18H,6-9,11H2,1-5H3. The topological polar surface area (TPSA) is 41.6 Å². The lowest BCUT2D eigenvalue weighted by molar-refractivity contribution is 0.0258. The average Bonchev–Trinajstić information content (AvgIpc) is 2.70. The highest BCUT2D eigenvalue weighted by Gasteiger charge is 2.20. The Kier molecular flexibility index (Phi) is 7.86. The van der Waals surface area contributed by atoms with Crippen LogP contribution in [-0.4, -0.2) is 36.2 Å². The average molecular weight is 391 g/mol. The van der Waals surface area contributed by atoms with E-state index in [-0.39, 0.29) is 6.09 Å². The molecular formula is C16H27BrN2O2S. The van der Waals surface area contributed by atoms with Gasteiger partial charge in [-0.3, -0.25) is 0 Å². The molecule has 1 heterocycles. The minimum Gasteiger partial charge on any atom is -0.444 e. The van der Waals surface area contributed by atoms with Crippen molar-refractivity contribution < 1.29 is 9.53 Å². The van der Waals surface area contributed by atoms with E-state index in [0.717, 1.165) is 19.5 Å². The molecule has 1 aromatic rings.